The summed E-state index contributed by atoms with van der Waals surface area (Å²) in [6, 6.07) is 59.9. The average Bonchev–Trinajstić information content (AvgIpc) is 3.12. The zero-order valence-electron chi connectivity index (χ0n) is 29.5. The van der Waals surface area contributed by atoms with E-state index in [9.17, 15) is 0 Å². The zero-order chi connectivity index (χ0) is 34.2. The Kier molecular flexibility index (Phi) is 8.47. The molecule has 1 nitrogen and oxygen atoms in total. The molecule has 0 N–H and O–H groups in total. The number of fused-ring (bicyclic) bond motifs is 1. The fourth-order valence-corrected chi connectivity index (χ4v) is 6.79. The summed E-state index contributed by atoms with van der Waals surface area (Å²) in [5.41, 5.74) is 13.5. The highest BCUT2D eigenvalue weighted by Gasteiger charge is 2.23. The lowest BCUT2D eigenvalue weighted by atomic mass is 9.78. The third-order valence-corrected chi connectivity index (χ3v) is 9.56. The van der Waals surface area contributed by atoms with E-state index in [0.29, 0.717) is 0 Å². The standard InChI is InChI=1S/C48H45N/c1-47(2,3)38-31-37(32-39(33-38)48(4,5)6)42-24-15-19-36-20-16-25-44(46(36)42)43-23-13-14-26-45(43)49(40-21-11-8-12-22-40)41-29-27-35(28-30-41)34-17-9-7-10-18-34/h7-33H,1-6H3. The van der Waals surface area contributed by atoms with E-state index in [1.165, 1.54) is 55.3 Å². The van der Waals surface area contributed by atoms with Crippen molar-refractivity contribution in [3.63, 3.8) is 0 Å². The summed E-state index contributed by atoms with van der Waals surface area (Å²) in [6.45, 7) is 13.9. The van der Waals surface area contributed by atoms with Crippen LogP contribution in [0.1, 0.15) is 52.7 Å². The van der Waals surface area contributed by atoms with Crippen molar-refractivity contribution in [3.8, 4) is 33.4 Å². The molecular weight excluding hydrogens is 591 g/mol. The van der Waals surface area contributed by atoms with Gasteiger partial charge in [0, 0.05) is 16.9 Å². The highest BCUT2D eigenvalue weighted by atomic mass is 15.1. The van der Waals surface area contributed by atoms with Crippen LogP contribution in [0.2, 0.25) is 0 Å². The summed E-state index contributed by atoms with van der Waals surface area (Å²) in [6.07, 6.45) is 0. The summed E-state index contributed by atoms with van der Waals surface area (Å²) in [5.74, 6) is 0. The molecule has 0 unspecified atom stereocenters. The Morgan fingerprint density at radius 2 is 0.857 bits per heavy atom. The first-order valence-corrected chi connectivity index (χ1v) is 17.4. The van der Waals surface area contributed by atoms with Crippen molar-refractivity contribution in [3.05, 3.63) is 175 Å². The second-order valence-electron chi connectivity index (χ2n) is 15.1. The molecule has 49 heavy (non-hydrogen) atoms. The number of benzene rings is 7. The Morgan fingerprint density at radius 1 is 0.367 bits per heavy atom. The van der Waals surface area contributed by atoms with Gasteiger partial charge in [0.15, 0.2) is 0 Å². The van der Waals surface area contributed by atoms with E-state index in [1.54, 1.807) is 0 Å². The smallest absolute Gasteiger partial charge is 0.0540 e. The fourth-order valence-electron chi connectivity index (χ4n) is 6.79. The molecule has 0 spiro atoms. The first-order chi connectivity index (χ1) is 23.6. The van der Waals surface area contributed by atoms with Gasteiger partial charge in [-0.15, -0.1) is 0 Å². The molecule has 7 aromatic rings. The molecule has 0 fully saturated rings. The Labute approximate surface area is 292 Å². The van der Waals surface area contributed by atoms with Gasteiger partial charge in [-0.2, -0.15) is 0 Å². The third kappa shape index (κ3) is 6.54. The molecular formula is C48H45N. The maximum absolute atomic E-state index is 2.41. The third-order valence-electron chi connectivity index (χ3n) is 9.56. The number of hydrogen-bond acceptors (Lipinski definition) is 1. The number of nitrogens with zero attached hydrogens (tertiary/aromatic N) is 1. The summed E-state index contributed by atoms with van der Waals surface area (Å²) in [7, 11) is 0. The van der Waals surface area contributed by atoms with Gasteiger partial charge in [-0.05, 0) is 90.9 Å². The van der Waals surface area contributed by atoms with E-state index >= 15 is 0 Å². The van der Waals surface area contributed by atoms with Gasteiger partial charge >= 0.3 is 0 Å². The van der Waals surface area contributed by atoms with Crippen LogP contribution in [-0.4, -0.2) is 0 Å². The van der Waals surface area contributed by atoms with Crippen molar-refractivity contribution in [2.24, 2.45) is 0 Å². The van der Waals surface area contributed by atoms with Crippen molar-refractivity contribution in [2.45, 2.75) is 52.4 Å². The van der Waals surface area contributed by atoms with Crippen LogP contribution in [0.3, 0.4) is 0 Å². The SMILES string of the molecule is CC(C)(C)c1cc(-c2cccc3cccc(-c4ccccc4N(c4ccccc4)c4ccc(-c5ccccc5)cc4)c23)cc(C(C)(C)C)c1. The van der Waals surface area contributed by atoms with Gasteiger partial charge in [0.25, 0.3) is 0 Å². The van der Waals surface area contributed by atoms with Crippen molar-refractivity contribution in [2.75, 3.05) is 4.90 Å². The van der Waals surface area contributed by atoms with Gasteiger partial charge in [0.1, 0.15) is 0 Å². The second-order valence-corrected chi connectivity index (χ2v) is 15.1. The van der Waals surface area contributed by atoms with Crippen LogP contribution >= 0.6 is 0 Å². The number of hydrogen-bond donors (Lipinski definition) is 0. The van der Waals surface area contributed by atoms with Gasteiger partial charge in [-0.25, -0.2) is 0 Å². The molecule has 0 saturated heterocycles. The van der Waals surface area contributed by atoms with Gasteiger partial charge in [0.05, 0.1) is 5.69 Å². The van der Waals surface area contributed by atoms with Crippen LogP contribution in [0, 0.1) is 0 Å². The molecule has 0 heterocycles. The lowest BCUT2D eigenvalue weighted by Gasteiger charge is -2.29. The molecule has 0 bridgehead atoms. The van der Waals surface area contributed by atoms with Gasteiger partial charge in [-0.3, -0.25) is 0 Å². The van der Waals surface area contributed by atoms with Crippen LogP contribution in [0.15, 0.2) is 164 Å². The van der Waals surface area contributed by atoms with E-state index in [1.807, 2.05) is 0 Å². The Hall–Kier alpha value is -5.40. The quantitative estimate of drug-likeness (QED) is 0.176. The van der Waals surface area contributed by atoms with E-state index in [0.717, 1.165) is 17.1 Å². The van der Waals surface area contributed by atoms with Crippen molar-refractivity contribution < 1.29 is 0 Å². The first-order valence-electron chi connectivity index (χ1n) is 17.4. The summed E-state index contributed by atoms with van der Waals surface area (Å²) >= 11 is 0. The Bertz CT molecular complexity index is 2180. The normalized spacial score (nSPS) is 11.9. The predicted molar refractivity (Wildman–Crippen MR) is 212 cm³/mol. The van der Waals surface area contributed by atoms with E-state index in [4.69, 9.17) is 0 Å². The molecule has 1 heteroatoms. The van der Waals surface area contributed by atoms with Crippen LogP contribution in [0.4, 0.5) is 17.1 Å². The molecule has 0 aliphatic heterocycles. The zero-order valence-corrected chi connectivity index (χ0v) is 29.5. The average molecular weight is 636 g/mol. The van der Waals surface area contributed by atoms with E-state index < -0.39 is 0 Å². The molecule has 0 atom stereocenters. The van der Waals surface area contributed by atoms with E-state index in [-0.39, 0.29) is 10.8 Å². The number of rotatable bonds is 6. The minimum Gasteiger partial charge on any atom is -0.310 e. The van der Waals surface area contributed by atoms with Crippen LogP contribution in [0.25, 0.3) is 44.2 Å². The van der Waals surface area contributed by atoms with Crippen molar-refractivity contribution >= 4 is 27.8 Å². The predicted octanol–water partition coefficient (Wildman–Crippen LogP) is 13.9. The van der Waals surface area contributed by atoms with Gasteiger partial charge in [-0.1, -0.05) is 175 Å². The fraction of sp³-hybridized carbons (Fsp3) is 0.167. The molecule has 7 rings (SSSR count). The molecule has 0 aliphatic carbocycles. The topological polar surface area (TPSA) is 3.24 Å². The van der Waals surface area contributed by atoms with Gasteiger partial charge in [0.2, 0.25) is 0 Å². The first kappa shape index (κ1) is 32.2. The molecule has 0 aliphatic rings. The summed E-state index contributed by atoms with van der Waals surface area (Å²) in [5, 5.41) is 2.51. The monoisotopic (exact) mass is 635 g/mol. The van der Waals surface area contributed by atoms with Crippen molar-refractivity contribution in [1.29, 1.82) is 0 Å². The molecule has 7 aromatic carbocycles. The highest BCUT2D eigenvalue weighted by Crippen LogP contribution is 2.45. The lowest BCUT2D eigenvalue weighted by Crippen LogP contribution is -2.16. The van der Waals surface area contributed by atoms with E-state index in [2.05, 4.69) is 210 Å². The highest BCUT2D eigenvalue weighted by molar-refractivity contribution is 6.09. The number of para-hydroxylation sites is 2. The number of anilines is 3. The maximum atomic E-state index is 2.41. The second kappa shape index (κ2) is 12.9. The van der Waals surface area contributed by atoms with Gasteiger partial charge < -0.3 is 4.90 Å². The molecule has 0 amide bonds. The molecule has 242 valence electrons. The molecule has 0 saturated carbocycles. The van der Waals surface area contributed by atoms with Crippen LogP contribution < -0.4 is 4.90 Å². The summed E-state index contributed by atoms with van der Waals surface area (Å²) < 4.78 is 0. The minimum absolute atomic E-state index is 0.0300. The largest absolute Gasteiger partial charge is 0.310 e. The Balaban J connectivity index is 1.45. The minimum atomic E-state index is 0.0300. The van der Waals surface area contributed by atoms with Crippen LogP contribution in [0.5, 0.6) is 0 Å². The molecule has 0 radical (unpaired) electrons. The van der Waals surface area contributed by atoms with Crippen LogP contribution in [-0.2, 0) is 10.8 Å². The maximum Gasteiger partial charge on any atom is 0.0540 e. The Morgan fingerprint density at radius 3 is 1.47 bits per heavy atom. The summed E-state index contributed by atoms with van der Waals surface area (Å²) in [4.78, 5) is 2.39. The molecule has 0 aromatic heterocycles. The van der Waals surface area contributed by atoms with Crippen molar-refractivity contribution in [1.82, 2.24) is 0 Å². The lowest BCUT2D eigenvalue weighted by molar-refractivity contribution is 0.569.